The van der Waals surface area contributed by atoms with Gasteiger partial charge in [-0.05, 0) is 99.2 Å². The van der Waals surface area contributed by atoms with Gasteiger partial charge in [0.15, 0.2) is 5.89 Å². The van der Waals surface area contributed by atoms with Crippen molar-refractivity contribution in [1.82, 2.24) is 33.6 Å². The molecule has 0 unspecified atom stereocenters. The molecule has 0 bridgehead atoms. The third-order valence-corrected chi connectivity index (χ3v) is 18.5. The standard InChI is InChI=1S/C27H26N2O.C27H25N2O.C23H24N3O.C8H16.2C3H7.BF4.2Ir/c2*1-17(2)20-9-7-10-21(18(3)4)26(20)29-15-14-28-27(29)19-12-13-25-23(16-19)22-8-5-6-11-24(22)30-25;1-14(2)18-7-6-8-19(15(3)4)22(18)26-12-11-24-23(26)17-9-10-21-20(13-17)25-16(5)27-21;1-2-4-6-8-7-5-3-1;2*1-3-2;2-1(3,4)5;;/h5-18H,1-4H3;5-11,13-18H,1-4H3;6-8,10-15H,1-5H3;1-8H2;2*3H,1-2H3;;;/q;2*-1;;3*-1;;+3. The molecule has 1 aliphatic rings. The van der Waals surface area contributed by atoms with Crippen molar-refractivity contribution in [3.8, 4) is 51.2 Å². The average Bonchev–Trinajstić information content (AvgIpc) is 1.27. The second kappa shape index (κ2) is 40.8. The molecule has 0 spiro atoms. The van der Waals surface area contributed by atoms with Crippen molar-refractivity contribution < 1.29 is 70.7 Å². The minimum atomic E-state index is -6.00. The quantitative estimate of drug-likeness (QED) is 0.0681. The van der Waals surface area contributed by atoms with Crippen molar-refractivity contribution in [2.45, 2.75) is 205 Å². The number of aryl methyl sites for hydroxylation is 1. The van der Waals surface area contributed by atoms with E-state index < -0.39 is 7.25 Å². The predicted octanol–water partition coefficient (Wildman–Crippen LogP) is 28.1. The third kappa shape index (κ3) is 21.7. The minimum Gasteiger partial charge on any atom is -0.500 e. The Bertz CT molecular complexity index is 4790. The van der Waals surface area contributed by atoms with Gasteiger partial charge in [-0.15, -0.1) is 47.5 Å². The Balaban J connectivity index is 0.000000199. The molecule has 0 N–H and O–H groups in total. The molecule has 10 nitrogen and oxygen atoms in total. The van der Waals surface area contributed by atoms with Gasteiger partial charge in [0.1, 0.15) is 22.6 Å². The van der Waals surface area contributed by atoms with Crippen LogP contribution in [-0.2, 0) is 40.2 Å². The zero-order valence-corrected chi connectivity index (χ0v) is 70.5. The number of furan rings is 2. The number of halogens is 4. The maximum Gasteiger partial charge on any atom is 3.00 e. The molecule has 108 heavy (non-hydrogen) atoms. The van der Waals surface area contributed by atoms with Crippen LogP contribution in [0.2, 0.25) is 0 Å². The average molecular weight is 1820 g/mol. The summed E-state index contributed by atoms with van der Waals surface area (Å²) >= 11 is 0. The Morgan fingerprint density at radius 2 is 0.704 bits per heavy atom. The first kappa shape index (κ1) is 86.8. The van der Waals surface area contributed by atoms with E-state index in [0.29, 0.717) is 41.4 Å². The Morgan fingerprint density at radius 3 is 1.08 bits per heavy atom. The number of para-hydroxylation sites is 5. The molecule has 0 aliphatic heterocycles. The van der Waals surface area contributed by atoms with Gasteiger partial charge in [-0.2, -0.15) is 27.7 Å². The summed E-state index contributed by atoms with van der Waals surface area (Å²) in [5, 5.41) is 4.47. The molecule has 1 aliphatic carbocycles. The molecule has 17 heteroatoms. The van der Waals surface area contributed by atoms with E-state index in [1.807, 2.05) is 121 Å². The van der Waals surface area contributed by atoms with Crippen molar-refractivity contribution in [1.29, 1.82) is 0 Å². The Morgan fingerprint density at radius 1 is 0.389 bits per heavy atom. The van der Waals surface area contributed by atoms with Crippen LogP contribution in [0.25, 0.3) is 106 Å². The van der Waals surface area contributed by atoms with Crippen molar-refractivity contribution in [3.05, 3.63) is 247 Å². The van der Waals surface area contributed by atoms with Crippen LogP contribution in [0, 0.1) is 31.9 Å². The molecule has 6 aromatic heterocycles. The molecule has 0 amide bonds. The van der Waals surface area contributed by atoms with Gasteiger partial charge in [0, 0.05) is 103 Å². The fraction of sp³-hybridized carbons (Fsp3) is 0.341. The largest absolute Gasteiger partial charge is 3.00 e. The Kier molecular flexibility index (Phi) is 32.8. The zero-order chi connectivity index (χ0) is 76.4. The van der Waals surface area contributed by atoms with E-state index in [1.54, 1.807) is 0 Å². The van der Waals surface area contributed by atoms with E-state index in [4.69, 9.17) is 23.2 Å². The molecule has 8 aromatic carbocycles. The van der Waals surface area contributed by atoms with Crippen LogP contribution < -0.4 is 0 Å². The Hall–Kier alpha value is -8.46. The number of aromatic nitrogens is 7. The first-order chi connectivity index (χ1) is 50.9. The molecule has 1 fully saturated rings. The van der Waals surface area contributed by atoms with Crippen molar-refractivity contribution >= 4 is 62.2 Å². The van der Waals surface area contributed by atoms with Gasteiger partial charge < -0.3 is 52.5 Å². The number of oxazole rings is 1. The van der Waals surface area contributed by atoms with Gasteiger partial charge in [-0.25, -0.2) is 9.97 Å². The normalized spacial score (nSPS) is 12.2. The summed E-state index contributed by atoms with van der Waals surface area (Å²) in [5.74, 6) is 5.89. The van der Waals surface area contributed by atoms with E-state index in [9.17, 15) is 17.3 Å². The van der Waals surface area contributed by atoms with Gasteiger partial charge >= 0.3 is 27.4 Å². The van der Waals surface area contributed by atoms with Gasteiger partial charge in [0.25, 0.3) is 0 Å². The molecular weight excluding hydrogens is 1710 g/mol. The van der Waals surface area contributed by atoms with Crippen LogP contribution in [0.5, 0.6) is 0 Å². The number of fused-ring (bicyclic) bond motifs is 7. The van der Waals surface area contributed by atoms with E-state index in [2.05, 4.69) is 228 Å². The van der Waals surface area contributed by atoms with Crippen LogP contribution >= 0.6 is 0 Å². The van der Waals surface area contributed by atoms with Crippen LogP contribution in [-0.4, -0.2) is 40.9 Å². The molecule has 15 rings (SSSR count). The summed E-state index contributed by atoms with van der Waals surface area (Å²) in [5.41, 5.74) is 19.8. The predicted molar refractivity (Wildman–Crippen MR) is 434 cm³/mol. The monoisotopic (exact) mass is 1820 g/mol. The Labute approximate surface area is 664 Å². The molecular formula is C91H105BF4Ir2N7O3-2. The molecule has 1 saturated carbocycles. The molecule has 1 radical (unpaired) electrons. The SMILES string of the molecule is C1CCCCCCC1.CC(C)c1cccc(C(C)C)c1-n1ccnc1-c1[c-]cc2oc3ccccc3c2c1.CC(C)c1cccc(C(C)C)c1-n1ccnc1-c1ccc2oc3ccccc3c2c1.C[CH-]C.C[CH-]C.Cc1nc2cc(-c3nccn3-c3c(C(C)C)cccc3C(C)C)[c-]cc2o1.F[B-](F)(F)F.[Ir+3].[Ir]. The van der Waals surface area contributed by atoms with E-state index in [-0.39, 0.29) is 40.2 Å². The number of hydrogen-bond acceptors (Lipinski definition) is 7. The minimum absolute atomic E-state index is 0. The smallest absolute Gasteiger partial charge is 0.500 e. The summed E-state index contributed by atoms with van der Waals surface area (Å²) in [6, 6.07) is 57.2. The number of nitrogens with zero attached hydrogens (tertiary/aromatic N) is 7. The van der Waals surface area contributed by atoms with Crippen molar-refractivity contribution in [2.24, 2.45) is 0 Å². The number of benzene rings is 8. The first-order valence-electron chi connectivity index (χ1n) is 37.8. The summed E-state index contributed by atoms with van der Waals surface area (Å²) in [6.07, 6.45) is 27.8. The second-order valence-electron chi connectivity index (χ2n) is 29.0. The van der Waals surface area contributed by atoms with Crippen molar-refractivity contribution in [3.63, 3.8) is 0 Å². The number of imidazole rings is 3. The topological polar surface area (TPSA) is 106 Å². The molecule has 0 atom stereocenters. The molecule has 14 aromatic rings. The molecule has 573 valence electrons. The molecule has 6 heterocycles. The van der Waals surface area contributed by atoms with Crippen molar-refractivity contribution in [2.75, 3.05) is 0 Å². The van der Waals surface area contributed by atoms with E-state index in [1.165, 1.54) is 102 Å². The summed E-state index contributed by atoms with van der Waals surface area (Å²) < 4.78 is 63.3. The van der Waals surface area contributed by atoms with Crippen LogP contribution in [0.3, 0.4) is 0 Å². The number of rotatable bonds is 12. The summed E-state index contributed by atoms with van der Waals surface area (Å²) in [6.45, 7) is 36.8. The first-order valence-corrected chi connectivity index (χ1v) is 37.8. The van der Waals surface area contributed by atoms with Crippen LogP contribution in [0.15, 0.2) is 196 Å². The van der Waals surface area contributed by atoms with Gasteiger partial charge in [-0.1, -0.05) is 231 Å². The maximum atomic E-state index is 9.75. The summed E-state index contributed by atoms with van der Waals surface area (Å²) in [4.78, 5) is 18.6. The van der Waals surface area contributed by atoms with Gasteiger partial charge in [0.05, 0.1) is 28.5 Å². The molecule has 0 saturated heterocycles. The van der Waals surface area contributed by atoms with E-state index >= 15 is 0 Å². The van der Waals surface area contributed by atoms with Gasteiger partial charge in [0.2, 0.25) is 0 Å². The zero-order valence-electron chi connectivity index (χ0n) is 65.7. The fourth-order valence-corrected chi connectivity index (χ4v) is 13.6. The van der Waals surface area contributed by atoms with E-state index in [0.717, 1.165) is 89.1 Å². The number of hydrogen-bond donors (Lipinski definition) is 0. The van der Waals surface area contributed by atoms with Crippen LogP contribution in [0.1, 0.15) is 237 Å². The fourth-order valence-electron chi connectivity index (χ4n) is 13.6. The summed E-state index contributed by atoms with van der Waals surface area (Å²) in [7, 11) is -6.00. The third-order valence-electron chi connectivity index (χ3n) is 18.5. The maximum absolute atomic E-state index is 9.75. The van der Waals surface area contributed by atoms with Gasteiger partial charge in [-0.3, -0.25) is 14.5 Å². The second-order valence-corrected chi connectivity index (χ2v) is 29.0. The van der Waals surface area contributed by atoms with Crippen LogP contribution in [0.4, 0.5) is 17.3 Å².